The van der Waals surface area contributed by atoms with Gasteiger partial charge in [-0.15, -0.1) is 0 Å². The quantitative estimate of drug-likeness (QED) is 0.525. The molecule has 0 saturated heterocycles. The largest absolute Gasteiger partial charge is 0.328 e. The van der Waals surface area contributed by atoms with Crippen LogP contribution in [0.1, 0.15) is 34.0 Å². The maximum atomic E-state index is 14.3. The lowest BCUT2D eigenvalue weighted by atomic mass is 9.97. The van der Waals surface area contributed by atoms with Gasteiger partial charge in [0.05, 0.1) is 20.5 Å². The fraction of sp³-hybridized carbons (Fsp3) is 0.174. The molecule has 1 aliphatic rings. The first-order valence-corrected chi connectivity index (χ1v) is 9.04. The molecule has 0 fully saturated rings. The smallest absolute Gasteiger partial charge is 0.256 e. The molecule has 5 rings (SSSR count). The summed E-state index contributed by atoms with van der Waals surface area (Å²) in [5, 5.41) is 4.28. The van der Waals surface area contributed by atoms with Gasteiger partial charge in [-0.3, -0.25) is 14.5 Å². The predicted molar refractivity (Wildman–Crippen MR) is 109 cm³/mol. The summed E-state index contributed by atoms with van der Waals surface area (Å²) in [7, 11) is 0. The van der Waals surface area contributed by atoms with Crippen molar-refractivity contribution in [1.82, 2.24) is 19.7 Å². The minimum atomic E-state index is -2.53. The van der Waals surface area contributed by atoms with Crippen molar-refractivity contribution < 1.29 is 16.0 Å². The summed E-state index contributed by atoms with van der Waals surface area (Å²) < 4.78 is 54.7. The van der Waals surface area contributed by atoms with E-state index in [1.807, 2.05) is 13.0 Å². The fourth-order valence-corrected chi connectivity index (χ4v) is 3.64. The minimum Gasteiger partial charge on any atom is -0.328 e. The molecule has 2 aromatic heterocycles. The molecule has 6 heteroatoms. The van der Waals surface area contributed by atoms with Crippen molar-refractivity contribution in [3.8, 4) is 11.1 Å². The average Bonchev–Trinajstić information content (AvgIpc) is 3.31. The van der Waals surface area contributed by atoms with Gasteiger partial charge in [-0.05, 0) is 47.4 Å². The first-order valence-electron chi connectivity index (χ1n) is 11.5. The summed E-state index contributed by atoms with van der Waals surface area (Å²) >= 11 is 0. The van der Waals surface area contributed by atoms with Gasteiger partial charge in [0.1, 0.15) is 5.52 Å². The number of aromatic nitrogens is 3. The van der Waals surface area contributed by atoms with E-state index in [-0.39, 0.29) is 23.3 Å². The van der Waals surface area contributed by atoms with E-state index in [0.29, 0.717) is 10.9 Å². The third-order valence-corrected chi connectivity index (χ3v) is 5.13. The number of hydrogen-bond acceptors (Lipinski definition) is 3. The van der Waals surface area contributed by atoms with Crippen LogP contribution in [0, 0.1) is 12.7 Å². The van der Waals surface area contributed by atoms with E-state index >= 15 is 0 Å². The van der Waals surface area contributed by atoms with E-state index in [1.54, 1.807) is 30.3 Å². The van der Waals surface area contributed by atoms with Gasteiger partial charge in [0.25, 0.3) is 5.91 Å². The van der Waals surface area contributed by atoms with Crippen LogP contribution in [-0.4, -0.2) is 25.6 Å². The molecule has 0 radical (unpaired) electrons. The molecule has 144 valence electrons. The lowest BCUT2D eigenvalue weighted by molar-refractivity contribution is 0.0766. The SMILES string of the molecule is [2H]C1([2H])c2ncccc2C(=O)N1Cc1ccc(-c2ccc(F)c3nn(C([2H])([2H])[2H])cc23)cc1C. The maximum Gasteiger partial charge on any atom is 0.256 e. The van der Waals surface area contributed by atoms with Crippen molar-refractivity contribution in [2.75, 3.05) is 0 Å². The Bertz CT molecular complexity index is 1460. The number of carbonyl (C=O) groups is 1. The highest BCUT2D eigenvalue weighted by atomic mass is 19.1. The molecule has 0 saturated carbocycles. The van der Waals surface area contributed by atoms with Crippen LogP contribution < -0.4 is 0 Å². The molecule has 3 heterocycles. The molecule has 4 aromatic rings. The van der Waals surface area contributed by atoms with Gasteiger partial charge in [-0.1, -0.05) is 24.3 Å². The highest BCUT2D eigenvalue weighted by Gasteiger charge is 2.28. The second-order valence-electron chi connectivity index (χ2n) is 6.97. The molecule has 29 heavy (non-hydrogen) atoms. The molecule has 0 bridgehead atoms. The molecule has 0 N–H and O–H groups in total. The molecular weight excluding hydrogens is 367 g/mol. The second kappa shape index (κ2) is 6.51. The Morgan fingerprint density at radius 1 is 1.24 bits per heavy atom. The maximum absolute atomic E-state index is 14.3. The van der Waals surface area contributed by atoms with Crippen LogP contribution in [0.2, 0.25) is 0 Å². The number of aryl methyl sites for hydroxylation is 2. The zero-order chi connectivity index (χ0) is 24.4. The normalized spacial score (nSPS) is 18.1. The molecule has 5 nitrogen and oxygen atoms in total. The van der Waals surface area contributed by atoms with Crippen LogP contribution in [0.25, 0.3) is 22.0 Å². The topological polar surface area (TPSA) is 51.0 Å². The Morgan fingerprint density at radius 2 is 2.14 bits per heavy atom. The number of amides is 1. The van der Waals surface area contributed by atoms with Gasteiger partial charge in [-0.25, -0.2) is 4.39 Å². The molecule has 2 aromatic carbocycles. The van der Waals surface area contributed by atoms with Crippen LogP contribution in [0.4, 0.5) is 4.39 Å². The number of pyridine rings is 1. The summed E-state index contributed by atoms with van der Waals surface area (Å²) in [6.45, 7) is -2.68. The van der Waals surface area contributed by atoms with Gasteiger partial charge >= 0.3 is 0 Å². The van der Waals surface area contributed by atoms with E-state index in [0.717, 1.165) is 26.3 Å². The van der Waals surface area contributed by atoms with Crippen LogP contribution >= 0.6 is 0 Å². The highest BCUT2D eigenvalue weighted by molar-refractivity contribution is 5.98. The summed E-state index contributed by atoms with van der Waals surface area (Å²) in [4.78, 5) is 18.1. The zero-order valence-corrected chi connectivity index (χ0v) is 15.5. The van der Waals surface area contributed by atoms with Crippen LogP contribution in [-0.2, 0) is 20.0 Å². The molecule has 0 atom stereocenters. The Morgan fingerprint density at radius 3 is 2.93 bits per heavy atom. The van der Waals surface area contributed by atoms with Crippen LogP contribution in [0.15, 0.2) is 54.9 Å². The second-order valence-corrected chi connectivity index (χ2v) is 6.97. The van der Waals surface area contributed by atoms with Gasteiger partial charge in [-0.2, -0.15) is 5.10 Å². The van der Waals surface area contributed by atoms with Crippen LogP contribution in [0.5, 0.6) is 0 Å². The summed E-state index contributed by atoms with van der Waals surface area (Å²) in [6, 6.07) is 11.4. The van der Waals surface area contributed by atoms with Crippen LogP contribution in [0.3, 0.4) is 0 Å². The number of carbonyl (C=O) groups excluding carboxylic acids is 1. The summed E-state index contributed by atoms with van der Waals surface area (Å²) in [5.74, 6) is -1.04. The predicted octanol–water partition coefficient (Wildman–Crippen LogP) is 4.24. The molecule has 1 amide bonds. The first-order chi connectivity index (χ1) is 16.0. The zero-order valence-electron chi connectivity index (χ0n) is 20.5. The van der Waals surface area contributed by atoms with Crippen molar-refractivity contribution in [2.24, 2.45) is 6.98 Å². The molecule has 0 aliphatic carbocycles. The summed E-state index contributed by atoms with van der Waals surface area (Å²) in [6.07, 6.45) is 2.77. The van der Waals surface area contributed by atoms with Gasteiger partial charge in [0, 0.05) is 35.4 Å². The number of benzene rings is 2. The number of nitrogens with zero attached hydrogens (tertiary/aromatic N) is 4. The van der Waals surface area contributed by atoms with Crippen molar-refractivity contribution in [2.45, 2.75) is 20.0 Å². The van der Waals surface area contributed by atoms with E-state index in [2.05, 4.69) is 10.1 Å². The fourth-order valence-electron chi connectivity index (χ4n) is 3.64. The van der Waals surface area contributed by atoms with E-state index in [4.69, 9.17) is 6.85 Å². The van der Waals surface area contributed by atoms with Crippen molar-refractivity contribution >= 4 is 16.8 Å². The monoisotopic (exact) mass is 391 g/mol. The third kappa shape index (κ3) is 2.88. The first kappa shape index (κ1) is 12.8. The lowest BCUT2D eigenvalue weighted by Crippen LogP contribution is -2.23. The number of halogens is 1. The molecule has 0 unspecified atom stereocenters. The Balaban J connectivity index is 1.51. The third-order valence-electron chi connectivity index (χ3n) is 5.13. The van der Waals surface area contributed by atoms with Gasteiger partial charge < -0.3 is 4.90 Å². The van der Waals surface area contributed by atoms with Crippen molar-refractivity contribution in [3.63, 3.8) is 0 Å². The van der Waals surface area contributed by atoms with E-state index in [1.165, 1.54) is 18.5 Å². The minimum absolute atomic E-state index is 0.0310. The Hall–Kier alpha value is -3.54. The van der Waals surface area contributed by atoms with Gasteiger partial charge in [0.2, 0.25) is 0 Å². The highest BCUT2D eigenvalue weighted by Crippen LogP contribution is 2.31. The average molecular weight is 391 g/mol. The number of rotatable bonds is 3. The summed E-state index contributed by atoms with van der Waals surface area (Å²) in [5.41, 5.74) is 3.20. The van der Waals surface area contributed by atoms with Gasteiger partial charge in [0.15, 0.2) is 5.82 Å². The molecule has 1 aliphatic heterocycles. The molecule has 0 spiro atoms. The molecular formula is C23H19FN4O. The van der Waals surface area contributed by atoms with Crippen molar-refractivity contribution in [3.05, 3.63) is 83.1 Å². The number of fused-ring (bicyclic) bond motifs is 2. The standard InChI is InChI=1S/C23H19FN4O/c1-14-10-15(17-7-8-20(24)22-19(17)12-27(2)26-22)5-6-16(14)11-28-13-21-18(23(28)29)4-3-9-25-21/h3-10,12H,11,13H2,1-2H3/i2D3,13D2. The lowest BCUT2D eigenvalue weighted by Gasteiger charge is -2.17. The number of hydrogen-bond donors (Lipinski definition) is 0. The van der Waals surface area contributed by atoms with E-state index < -0.39 is 25.2 Å². The Labute approximate surface area is 174 Å². The van der Waals surface area contributed by atoms with E-state index in [9.17, 15) is 9.18 Å². The van der Waals surface area contributed by atoms with Crippen molar-refractivity contribution in [1.29, 1.82) is 0 Å². The Kier molecular flexibility index (Phi) is 2.88.